The maximum Gasteiger partial charge on any atom is 0.347 e. The molecule has 1 aromatic heterocycles. The highest BCUT2D eigenvalue weighted by molar-refractivity contribution is 7.13. The monoisotopic (exact) mass is 312 g/mol. The average molecular weight is 312 g/mol. The Labute approximate surface area is 129 Å². The maximum absolute atomic E-state index is 12.3. The molecule has 2 atom stereocenters. The number of hydrogen-bond donors (Lipinski definition) is 2. The number of carbonyl (C=O) groups is 2. The molecule has 6 heteroatoms. The van der Waals surface area contributed by atoms with Gasteiger partial charge in [0.05, 0.1) is 11.7 Å². The van der Waals surface area contributed by atoms with E-state index in [9.17, 15) is 9.59 Å². The molecule has 0 aliphatic heterocycles. The van der Waals surface area contributed by atoms with Crippen LogP contribution in [-0.4, -0.2) is 22.0 Å². The molecule has 1 aromatic rings. The Hall–Kier alpha value is -1.43. The molecule has 0 saturated carbocycles. The molecule has 0 radical (unpaired) electrons. The summed E-state index contributed by atoms with van der Waals surface area (Å²) in [5.41, 5.74) is 0.498. The molecular weight excluding hydrogens is 288 g/mol. The van der Waals surface area contributed by atoms with Gasteiger partial charge in [0.15, 0.2) is 0 Å². The number of aromatic carboxylic acids is 1. The van der Waals surface area contributed by atoms with Crippen LogP contribution in [0.4, 0.5) is 0 Å². The molecule has 21 heavy (non-hydrogen) atoms. The van der Waals surface area contributed by atoms with Crippen LogP contribution >= 0.6 is 11.3 Å². The van der Waals surface area contributed by atoms with Crippen molar-refractivity contribution in [3.05, 3.63) is 15.6 Å². The van der Waals surface area contributed by atoms with E-state index in [2.05, 4.69) is 17.2 Å². The van der Waals surface area contributed by atoms with Crippen LogP contribution in [-0.2, 0) is 4.79 Å². The topological polar surface area (TPSA) is 79.3 Å². The molecule has 1 rings (SSSR count). The lowest BCUT2D eigenvalue weighted by Gasteiger charge is -2.21. The van der Waals surface area contributed by atoms with Crippen LogP contribution in [0.1, 0.15) is 67.0 Å². The molecule has 118 valence electrons. The quantitative estimate of drug-likeness (QED) is 0.808. The summed E-state index contributed by atoms with van der Waals surface area (Å²) in [7, 11) is 0. The van der Waals surface area contributed by atoms with Crippen LogP contribution in [0.3, 0.4) is 0 Å². The van der Waals surface area contributed by atoms with Crippen molar-refractivity contribution in [1.29, 1.82) is 0 Å². The number of thiazole rings is 1. The van der Waals surface area contributed by atoms with Crippen LogP contribution in [0.5, 0.6) is 0 Å². The minimum absolute atomic E-state index is 0.0162. The van der Waals surface area contributed by atoms with Crippen molar-refractivity contribution >= 4 is 23.2 Å². The Morgan fingerprint density at radius 3 is 2.38 bits per heavy atom. The first-order chi connectivity index (χ1) is 9.77. The first-order valence-electron chi connectivity index (χ1n) is 7.28. The average Bonchev–Trinajstić information content (AvgIpc) is 2.77. The summed E-state index contributed by atoms with van der Waals surface area (Å²) >= 11 is 1.13. The minimum Gasteiger partial charge on any atom is -0.477 e. The molecule has 0 saturated heterocycles. The first-order valence-corrected chi connectivity index (χ1v) is 8.10. The maximum atomic E-state index is 12.3. The summed E-state index contributed by atoms with van der Waals surface area (Å²) in [6.45, 7) is 9.66. The van der Waals surface area contributed by atoms with E-state index in [1.54, 1.807) is 6.92 Å². The molecule has 1 amide bonds. The fraction of sp³-hybridized carbons (Fsp3) is 0.667. The molecule has 2 unspecified atom stereocenters. The molecule has 2 N–H and O–H groups in total. The number of nitrogens with one attached hydrogen (secondary N) is 1. The van der Waals surface area contributed by atoms with Gasteiger partial charge in [0.25, 0.3) is 0 Å². The summed E-state index contributed by atoms with van der Waals surface area (Å²) in [6, 6.07) is -0.271. The Bertz CT molecular complexity index is 511. The zero-order valence-corrected chi connectivity index (χ0v) is 14.1. The van der Waals surface area contributed by atoms with E-state index in [0.29, 0.717) is 10.7 Å². The van der Waals surface area contributed by atoms with Crippen LogP contribution in [0.25, 0.3) is 0 Å². The standard InChI is InChI=1S/C15H24N2O3S/c1-6-7-11(8(2)3)13(18)16-10(5)14-17-9(4)12(21-14)15(19)20/h8,10-11H,6-7H2,1-5H3,(H,16,18)(H,19,20). The summed E-state index contributed by atoms with van der Waals surface area (Å²) in [5, 5.41) is 12.7. The molecule has 5 nitrogen and oxygen atoms in total. The third kappa shape index (κ3) is 4.52. The van der Waals surface area contributed by atoms with E-state index in [0.717, 1.165) is 24.2 Å². The van der Waals surface area contributed by atoms with Gasteiger partial charge in [-0.25, -0.2) is 9.78 Å². The van der Waals surface area contributed by atoms with E-state index in [4.69, 9.17) is 5.11 Å². The van der Waals surface area contributed by atoms with Crippen LogP contribution in [0.2, 0.25) is 0 Å². The van der Waals surface area contributed by atoms with Gasteiger partial charge in [-0.2, -0.15) is 0 Å². The van der Waals surface area contributed by atoms with Crippen LogP contribution in [0.15, 0.2) is 0 Å². The molecule has 0 fully saturated rings. The van der Waals surface area contributed by atoms with Crippen molar-refractivity contribution in [3.63, 3.8) is 0 Å². The second-order valence-corrected chi connectivity index (χ2v) is 6.67. The molecule has 0 spiro atoms. The number of aromatic nitrogens is 1. The van der Waals surface area contributed by atoms with Gasteiger partial charge in [-0.05, 0) is 26.2 Å². The lowest BCUT2D eigenvalue weighted by Crippen LogP contribution is -2.35. The number of nitrogens with zero attached hydrogens (tertiary/aromatic N) is 1. The van der Waals surface area contributed by atoms with Gasteiger partial charge in [-0.1, -0.05) is 27.2 Å². The largest absolute Gasteiger partial charge is 0.477 e. The van der Waals surface area contributed by atoms with Gasteiger partial charge >= 0.3 is 5.97 Å². The number of aryl methyl sites for hydroxylation is 1. The first kappa shape index (κ1) is 17.6. The summed E-state index contributed by atoms with van der Waals surface area (Å²) in [5.74, 6) is -0.688. The lowest BCUT2D eigenvalue weighted by atomic mass is 9.90. The Morgan fingerprint density at radius 1 is 1.33 bits per heavy atom. The van der Waals surface area contributed by atoms with Gasteiger partial charge in [0.2, 0.25) is 5.91 Å². The number of hydrogen-bond acceptors (Lipinski definition) is 4. The summed E-state index contributed by atoms with van der Waals surface area (Å²) < 4.78 is 0. The van der Waals surface area contributed by atoms with Crippen molar-refractivity contribution in [2.24, 2.45) is 11.8 Å². The molecule has 0 bridgehead atoms. The number of carbonyl (C=O) groups excluding carboxylic acids is 1. The second kappa shape index (κ2) is 7.54. The molecule has 0 aliphatic carbocycles. The Kier molecular flexibility index (Phi) is 6.33. The predicted octanol–water partition coefficient (Wildman–Crippen LogP) is 3.40. The number of carboxylic acids is 1. The van der Waals surface area contributed by atoms with E-state index in [-0.39, 0.29) is 28.7 Å². The van der Waals surface area contributed by atoms with Crippen molar-refractivity contribution in [2.75, 3.05) is 0 Å². The van der Waals surface area contributed by atoms with Gasteiger partial charge in [-0.3, -0.25) is 4.79 Å². The van der Waals surface area contributed by atoms with Crippen molar-refractivity contribution in [1.82, 2.24) is 10.3 Å². The van der Waals surface area contributed by atoms with Crippen molar-refractivity contribution < 1.29 is 14.7 Å². The van der Waals surface area contributed by atoms with Crippen LogP contribution < -0.4 is 5.32 Å². The molecule has 0 aromatic carbocycles. The fourth-order valence-electron chi connectivity index (χ4n) is 2.26. The molecular formula is C15H24N2O3S. The Morgan fingerprint density at radius 2 is 1.95 bits per heavy atom. The number of carboxylic acid groups (broad SMARTS) is 1. The summed E-state index contributed by atoms with van der Waals surface area (Å²) in [4.78, 5) is 27.9. The zero-order valence-electron chi connectivity index (χ0n) is 13.3. The second-order valence-electron chi connectivity index (χ2n) is 5.64. The number of rotatable bonds is 7. The number of amides is 1. The van der Waals surface area contributed by atoms with Crippen molar-refractivity contribution in [2.45, 2.75) is 53.5 Å². The third-order valence-electron chi connectivity index (χ3n) is 3.48. The zero-order chi connectivity index (χ0) is 16.2. The SMILES string of the molecule is CCCC(C(=O)NC(C)c1nc(C)c(C(=O)O)s1)C(C)C. The Balaban J connectivity index is 2.80. The van der Waals surface area contributed by atoms with E-state index in [1.807, 2.05) is 20.8 Å². The van der Waals surface area contributed by atoms with Gasteiger partial charge in [0.1, 0.15) is 9.88 Å². The van der Waals surface area contributed by atoms with E-state index >= 15 is 0 Å². The fourth-order valence-corrected chi connectivity index (χ4v) is 3.17. The predicted molar refractivity (Wildman–Crippen MR) is 83.6 cm³/mol. The highest BCUT2D eigenvalue weighted by Gasteiger charge is 2.24. The normalized spacial score (nSPS) is 14.0. The van der Waals surface area contributed by atoms with Gasteiger partial charge in [-0.15, -0.1) is 11.3 Å². The van der Waals surface area contributed by atoms with Crippen molar-refractivity contribution in [3.8, 4) is 0 Å². The van der Waals surface area contributed by atoms with Gasteiger partial charge in [0, 0.05) is 5.92 Å². The lowest BCUT2D eigenvalue weighted by molar-refractivity contribution is -0.127. The van der Waals surface area contributed by atoms with Gasteiger partial charge < -0.3 is 10.4 Å². The minimum atomic E-state index is -0.971. The highest BCUT2D eigenvalue weighted by Crippen LogP contribution is 2.25. The van der Waals surface area contributed by atoms with Crippen LogP contribution in [0, 0.1) is 18.8 Å². The van der Waals surface area contributed by atoms with E-state index in [1.165, 1.54) is 0 Å². The highest BCUT2D eigenvalue weighted by atomic mass is 32.1. The molecule has 1 heterocycles. The smallest absolute Gasteiger partial charge is 0.347 e. The molecule has 0 aliphatic rings. The summed E-state index contributed by atoms with van der Waals surface area (Å²) in [6.07, 6.45) is 1.82. The third-order valence-corrected chi connectivity index (χ3v) is 4.81. The van der Waals surface area contributed by atoms with E-state index < -0.39 is 5.97 Å².